The Bertz CT molecular complexity index is 645. The van der Waals surface area contributed by atoms with Crippen LogP contribution in [0.15, 0.2) is 36.5 Å². The van der Waals surface area contributed by atoms with Crippen molar-refractivity contribution in [1.29, 1.82) is 0 Å². The van der Waals surface area contributed by atoms with Crippen molar-refractivity contribution in [1.82, 2.24) is 5.32 Å². The first-order valence-electron chi connectivity index (χ1n) is 13.5. The number of allylic oxidation sites excluding steroid dienone is 4. The lowest BCUT2D eigenvalue weighted by atomic mass is 9.93. The molecule has 0 aliphatic rings. The van der Waals surface area contributed by atoms with Crippen LogP contribution in [0.25, 0.3) is 0 Å². The summed E-state index contributed by atoms with van der Waals surface area (Å²) in [4.78, 5) is 23.2. The topological polar surface area (TPSA) is 102 Å². The van der Waals surface area contributed by atoms with Crippen LogP contribution in [-0.2, 0) is 9.53 Å². The van der Waals surface area contributed by atoms with Crippen molar-refractivity contribution in [2.75, 3.05) is 6.61 Å². The molecule has 35 heavy (non-hydrogen) atoms. The SMILES string of the molecule is C=CCCCC[C@H](C)[C@@H](CCCCCCCCC(C)/C=C\C=C(/C)C(=O)N[C@@H](C)CO)OC(N)=O. The number of carbonyl (C=O) groups is 2. The smallest absolute Gasteiger partial charge is 0.404 e. The Morgan fingerprint density at radius 3 is 2.17 bits per heavy atom. The van der Waals surface area contributed by atoms with Gasteiger partial charge in [-0.15, -0.1) is 6.58 Å². The van der Waals surface area contributed by atoms with Crippen LogP contribution in [0, 0.1) is 11.8 Å². The molecule has 6 nitrogen and oxygen atoms in total. The van der Waals surface area contributed by atoms with Gasteiger partial charge in [-0.25, -0.2) is 4.79 Å². The van der Waals surface area contributed by atoms with Crippen molar-refractivity contribution in [2.45, 2.75) is 117 Å². The number of hydrogen-bond donors (Lipinski definition) is 3. The van der Waals surface area contributed by atoms with Gasteiger partial charge in [-0.2, -0.15) is 0 Å². The number of ether oxygens (including phenoxy) is 1. The van der Waals surface area contributed by atoms with Crippen molar-refractivity contribution >= 4 is 12.0 Å². The lowest BCUT2D eigenvalue weighted by Crippen LogP contribution is -2.35. The second kappa shape index (κ2) is 21.2. The molecule has 0 aromatic carbocycles. The molecule has 4 N–H and O–H groups in total. The lowest BCUT2D eigenvalue weighted by Gasteiger charge is -2.23. The second-order valence-corrected chi connectivity index (χ2v) is 9.99. The summed E-state index contributed by atoms with van der Waals surface area (Å²) in [5, 5.41) is 11.8. The highest BCUT2D eigenvalue weighted by Crippen LogP contribution is 2.22. The summed E-state index contributed by atoms with van der Waals surface area (Å²) < 4.78 is 5.40. The predicted octanol–water partition coefficient (Wildman–Crippen LogP) is 6.59. The highest BCUT2D eigenvalue weighted by Gasteiger charge is 2.20. The number of unbranched alkanes of at least 4 members (excludes halogenated alkanes) is 7. The van der Waals surface area contributed by atoms with Crippen LogP contribution in [0.3, 0.4) is 0 Å². The van der Waals surface area contributed by atoms with Crippen molar-refractivity contribution in [2.24, 2.45) is 17.6 Å². The van der Waals surface area contributed by atoms with Gasteiger partial charge < -0.3 is 20.9 Å². The third kappa shape index (κ3) is 18.9. The summed E-state index contributed by atoms with van der Waals surface area (Å²) >= 11 is 0. The van der Waals surface area contributed by atoms with E-state index < -0.39 is 6.09 Å². The van der Waals surface area contributed by atoms with E-state index in [1.54, 1.807) is 13.8 Å². The Labute approximate surface area is 214 Å². The standard InChI is InChI=1S/C29H52N2O4/c1-6-7-8-14-19-24(3)27(35-29(30)34)21-15-12-10-9-11-13-17-23(2)18-16-20-25(4)28(33)31-26(5)22-32/h6,16,18,20,23-24,26-27,32H,1,7-15,17,19,21-22H2,2-5H3,(H2,30,34)(H,31,33)/b18-16-,25-20+/t23?,24-,26-,27+/m0/s1. The summed E-state index contributed by atoms with van der Waals surface area (Å²) in [6.45, 7) is 11.6. The van der Waals surface area contributed by atoms with Gasteiger partial charge in [0.15, 0.2) is 0 Å². The van der Waals surface area contributed by atoms with Gasteiger partial charge in [0.1, 0.15) is 6.10 Å². The van der Waals surface area contributed by atoms with Gasteiger partial charge in [0, 0.05) is 11.6 Å². The van der Waals surface area contributed by atoms with Crippen LogP contribution in [0.2, 0.25) is 0 Å². The minimum absolute atomic E-state index is 0.0635. The number of hydrogen-bond acceptors (Lipinski definition) is 4. The molecule has 6 heteroatoms. The van der Waals surface area contributed by atoms with Crippen molar-refractivity contribution in [3.63, 3.8) is 0 Å². The number of rotatable bonds is 21. The Morgan fingerprint density at radius 2 is 1.57 bits per heavy atom. The first-order valence-corrected chi connectivity index (χ1v) is 13.5. The number of aliphatic hydroxyl groups excluding tert-OH is 1. The molecule has 0 spiro atoms. The molecule has 0 aromatic rings. The van der Waals surface area contributed by atoms with Crippen LogP contribution in [0.1, 0.15) is 105 Å². The number of amides is 2. The van der Waals surface area contributed by atoms with Gasteiger partial charge >= 0.3 is 6.09 Å². The molecule has 0 saturated heterocycles. The fraction of sp³-hybridized carbons (Fsp3) is 0.724. The summed E-state index contributed by atoms with van der Waals surface area (Å²) in [7, 11) is 0. The number of primary amides is 1. The van der Waals surface area contributed by atoms with E-state index in [2.05, 4.69) is 31.8 Å². The van der Waals surface area contributed by atoms with Gasteiger partial charge in [0.05, 0.1) is 6.61 Å². The molecule has 0 radical (unpaired) electrons. The minimum atomic E-state index is -0.665. The van der Waals surface area contributed by atoms with Gasteiger partial charge in [-0.3, -0.25) is 4.79 Å². The number of nitrogens with two attached hydrogens (primary N) is 1. The van der Waals surface area contributed by atoms with E-state index in [9.17, 15) is 9.59 Å². The molecule has 1 unspecified atom stereocenters. The van der Waals surface area contributed by atoms with Crippen LogP contribution in [0.5, 0.6) is 0 Å². The number of aliphatic hydroxyl groups is 1. The van der Waals surface area contributed by atoms with Gasteiger partial charge in [-0.1, -0.05) is 76.7 Å². The van der Waals surface area contributed by atoms with E-state index in [1.165, 1.54) is 25.7 Å². The van der Waals surface area contributed by atoms with Gasteiger partial charge in [-0.05, 0) is 64.2 Å². The van der Waals surface area contributed by atoms with Gasteiger partial charge in [0.2, 0.25) is 5.91 Å². The first-order chi connectivity index (χ1) is 16.7. The van der Waals surface area contributed by atoms with Crippen LogP contribution >= 0.6 is 0 Å². The average Bonchev–Trinajstić information content (AvgIpc) is 2.81. The number of carbonyl (C=O) groups excluding carboxylic acids is 2. The maximum atomic E-state index is 11.9. The fourth-order valence-electron chi connectivity index (χ4n) is 4.01. The van der Waals surface area contributed by atoms with E-state index in [-0.39, 0.29) is 24.7 Å². The lowest BCUT2D eigenvalue weighted by molar-refractivity contribution is -0.118. The maximum Gasteiger partial charge on any atom is 0.404 e. The molecule has 0 aliphatic heterocycles. The molecule has 4 atom stereocenters. The zero-order chi connectivity index (χ0) is 26.5. The molecule has 202 valence electrons. The maximum absolute atomic E-state index is 11.9. The quantitative estimate of drug-likeness (QED) is 0.0728. The zero-order valence-corrected chi connectivity index (χ0v) is 22.8. The molecule has 0 bridgehead atoms. The van der Waals surface area contributed by atoms with E-state index in [0.29, 0.717) is 17.4 Å². The van der Waals surface area contributed by atoms with Crippen LogP contribution < -0.4 is 11.1 Å². The molecular weight excluding hydrogens is 440 g/mol. The molecule has 2 amide bonds. The summed E-state index contributed by atoms with van der Waals surface area (Å²) in [5.74, 6) is 0.659. The summed E-state index contributed by atoms with van der Waals surface area (Å²) in [5.41, 5.74) is 5.93. The normalized spacial score (nSPS) is 15.4. The molecule has 0 saturated carbocycles. The Balaban J connectivity index is 4.03. The van der Waals surface area contributed by atoms with Crippen LogP contribution in [0.4, 0.5) is 4.79 Å². The van der Waals surface area contributed by atoms with E-state index in [0.717, 1.165) is 51.4 Å². The fourth-order valence-corrected chi connectivity index (χ4v) is 4.01. The largest absolute Gasteiger partial charge is 0.446 e. The molecule has 0 fully saturated rings. The Kier molecular flexibility index (Phi) is 20.0. The molecule has 0 heterocycles. The molecule has 0 rings (SSSR count). The predicted molar refractivity (Wildman–Crippen MR) is 146 cm³/mol. The third-order valence-electron chi connectivity index (χ3n) is 6.41. The Hall–Kier alpha value is -2.08. The Morgan fingerprint density at radius 1 is 0.971 bits per heavy atom. The zero-order valence-electron chi connectivity index (χ0n) is 22.8. The molecular formula is C29H52N2O4. The third-order valence-corrected chi connectivity index (χ3v) is 6.41. The number of nitrogens with one attached hydrogen (secondary N) is 1. The average molecular weight is 493 g/mol. The molecule has 0 aliphatic carbocycles. The second-order valence-electron chi connectivity index (χ2n) is 9.99. The van der Waals surface area contributed by atoms with Gasteiger partial charge in [0.25, 0.3) is 0 Å². The van der Waals surface area contributed by atoms with E-state index in [1.807, 2.05) is 18.2 Å². The first kappa shape index (κ1) is 32.9. The van der Waals surface area contributed by atoms with E-state index in [4.69, 9.17) is 15.6 Å². The van der Waals surface area contributed by atoms with E-state index >= 15 is 0 Å². The van der Waals surface area contributed by atoms with Crippen LogP contribution in [-0.4, -0.2) is 35.9 Å². The molecule has 0 aromatic heterocycles. The minimum Gasteiger partial charge on any atom is -0.446 e. The van der Waals surface area contributed by atoms with Crippen molar-refractivity contribution in [3.05, 3.63) is 36.5 Å². The monoisotopic (exact) mass is 492 g/mol. The summed E-state index contributed by atoms with van der Waals surface area (Å²) in [6.07, 6.45) is 20.5. The highest BCUT2D eigenvalue weighted by molar-refractivity contribution is 5.93. The summed E-state index contributed by atoms with van der Waals surface area (Å²) in [6, 6.07) is -0.236. The van der Waals surface area contributed by atoms with Crippen molar-refractivity contribution in [3.8, 4) is 0 Å². The highest BCUT2D eigenvalue weighted by atomic mass is 16.6. The van der Waals surface area contributed by atoms with Crippen molar-refractivity contribution < 1.29 is 19.4 Å².